The number of hydrogen-bond donors (Lipinski definition) is 2. The summed E-state index contributed by atoms with van der Waals surface area (Å²) in [6, 6.07) is 9.10. The van der Waals surface area contributed by atoms with Crippen molar-refractivity contribution in [3.63, 3.8) is 0 Å². The quantitative estimate of drug-likeness (QED) is 0.770. The van der Waals surface area contributed by atoms with Crippen molar-refractivity contribution in [2.45, 2.75) is 26.2 Å². The van der Waals surface area contributed by atoms with Gasteiger partial charge in [-0.1, -0.05) is 0 Å². The van der Waals surface area contributed by atoms with Crippen LogP contribution in [0.3, 0.4) is 0 Å². The number of rotatable bonds is 6. The highest BCUT2D eigenvalue weighted by atomic mass is 35.5. The summed E-state index contributed by atoms with van der Waals surface area (Å²) >= 11 is 0. The third-order valence-electron chi connectivity index (χ3n) is 3.82. The Hall–Kier alpha value is -2.47. The first kappa shape index (κ1) is 18.9. The molecule has 0 spiro atoms. The normalized spacial score (nSPS) is 11.7. The molecule has 6 nitrogen and oxygen atoms in total. The molecule has 0 saturated heterocycles. The lowest BCUT2D eigenvalue weighted by Crippen LogP contribution is -2.24. The van der Waals surface area contributed by atoms with E-state index in [1.54, 1.807) is 18.2 Å². The number of nitrogens with one attached hydrogen (secondary N) is 1. The largest absolute Gasteiger partial charge is 0.454 e. The lowest BCUT2D eigenvalue weighted by molar-refractivity contribution is 0.0952. The number of aromatic nitrogens is 1. The lowest BCUT2D eigenvalue weighted by Gasteiger charge is -2.07. The molecule has 0 saturated carbocycles. The summed E-state index contributed by atoms with van der Waals surface area (Å²) in [4.78, 5) is 16.4. The van der Waals surface area contributed by atoms with E-state index < -0.39 is 0 Å². The number of unbranched alkanes of at least 4 members (excludes halogenated alkanes) is 1. The zero-order valence-electron chi connectivity index (χ0n) is 14.1. The van der Waals surface area contributed by atoms with Gasteiger partial charge in [-0.25, -0.2) is 4.98 Å². The predicted molar refractivity (Wildman–Crippen MR) is 98.5 cm³/mol. The van der Waals surface area contributed by atoms with E-state index in [2.05, 4.69) is 10.3 Å². The van der Waals surface area contributed by atoms with Crippen LogP contribution in [0.1, 0.15) is 34.5 Å². The summed E-state index contributed by atoms with van der Waals surface area (Å²) in [6.07, 6.45) is 2.68. The Labute approximate surface area is 153 Å². The molecule has 1 aromatic heterocycles. The molecule has 0 unspecified atom stereocenters. The van der Waals surface area contributed by atoms with Crippen LogP contribution in [0.4, 0.5) is 5.82 Å². The van der Waals surface area contributed by atoms with Crippen molar-refractivity contribution in [3.8, 4) is 11.5 Å². The van der Waals surface area contributed by atoms with Gasteiger partial charge in [0.25, 0.3) is 5.91 Å². The molecule has 1 aliphatic rings. The molecule has 3 N–H and O–H groups in total. The van der Waals surface area contributed by atoms with Gasteiger partial charge in [-0.3, -0.25) is 4.79 Å². The topological polar surface area (TPSA) is 86.5 Å². The van der Waals surface area contributed by atoms with Crippen LogP contribution in [0.5, 0.6) is 11.5 Å². The molecule has 0 aliphatic carbocycles. The fraction of sp³-hybridized carbons (Fsp3) is 0.333. The van der Waals surface area contributed by atoms with Gasteiger partial charge in [0, 0.05) is 17.8 Å². The first-order valence-corrected chi connectivity index (χ1v) is 8.03. The summed E-state index contributed by atoms with van der Waals surface area (Å²) in [6.45, 7) is 2.83. The van der Waals surface area contributed by atoms with Gasteiger partial charge in [-0.2, -0.15) is 0 Å². The maximum absolute atomic E-state index is 12.1. The monoisotopic (exact) mass is 363 g/mol. The number of pyridine rings is 1. The number of ether oxygens (including phenoxy) is 2. The molecular weight excluding hydrogens is 342 g/mol. The fourth-order valence-electron chi connectivity index (χ4n) is 2.67. The number of halogens is 1. The Balaban J connectivity index is 0.00000225. The van der Waals surface area contributed by atoms with Crippen molar-refractivity contribution in [1.82, 2.24) is 10.3 Å². The highest BCUT2D eigenvalue weighted by Crippen LogP contribution is 2.32. The molecule has 7 heteroatoms. The minimum absolute atomic E-state index is 0. The van der Waals surface area contributed by atoms with Gasteiger partial charge >= 0.3 is 0 Å². The Kier molecular flexibility index (Phi) is 6.47. The number of benzene rings is 1. The van der Waals surface area contributed by atoms with E-state index in [4.69, 9.17) is 15.2 Å². The van der Waals surface area contributed by atoms with E-state index in [1.807, 2.05) is 19.1 Å². The second-order valence-corrected chi connectivity index (χ2v) is 5.84. The molecule has 0 radical (unpaired) electrons. The molecule has 25 heavy (non-hydrogen) atoms. The molecule has 0 bridgehead atoms. The highest BCUT2D eigenvalue weighted by molar-refractivity contribution is 5.94. The van der Waals surface area contributed by atoms with Crippen molar-refractivity contribution >= 4 is 24.1 Å². The van der Waals surface area contributed by atoms with Gasteiger partial charge in [0.15, 0.2) is 11.5 Å². The molecule has 2 heterocycles. The first-order valence-electron chi connectivity index (χ1n) is 8.03. The van der Waals surface area contributed by atoms with Crippen LogP contribution in [0, 0.1) is 6.92 Å². The van der Waals surface area contributed by atoms with Crippen LogP contribution < -0.4 is 20.5 Å². The number of carbonyl (C=O) groups excluding carboxylic acids is 1. The number of anilines is 1. The van der Waals surface area contributed by atoms with E-state index >= 15 is 0 Å². The van der Waals surface area contributed by atoms with Gasteiger partial charge in [0.2, 0.25) is 6.79 Å². The summed E-state index contributed by atoms with van der Waals surface area (Å²) in [7, 11) is 0. The fourth-order valence-corrected chi connectivity index (χ4v) is 2.67. The number of carbonyl (C=O) groups is 1. The number of nitrogens with zero attached hydrogens (tertiary/aromatic N) is 1. The van der Waals surface area contributed by atoms with Crippen LogP contribution in [0.25, 0.3) is 0 Å². The predicted octanol–water partition coefficient (Wildman–Crippen LogP) is 2.88. The number of nitrogen functional groups attached to an aromatic ring is 1. The summed E-state index contributed by atoms with van der Waals surface area (Å²) in [5.74, 6) is 1.74. The second-order valence-electron chi connectivity index (χ2n) is 5.84. The third kappa shape index (κ3) is 5.00. The average molecular weight is 364 g/mol. The van der Waals surface area contributed by atoms with Gasteiger partial charge < -0.3 is 20.5 Å². The Bertz CT molecular complexity index is 732. The van der Waals surface area contributed by atoms with E-state index in [1.165, 1.54) is 0 Å². The Morgan fingerprint density at radius 1 is 1.20 bits per heavy atom. The van der Waals surface area contributed by atoms with Gasteiger partial charge in [0.1, 0.15) is 5.82 Å². The molecule has 1 amide bonds. The van der Waals surface area contributed by atoms with E-state index in [0.29, 0.717) is 29.4 Å². The van der Waals surface area contributed by atoms with Crippen LogP contribution in [-0.4, -0.2) is 24.2 Å². The molecule has 0 fully saturated rings. The summed E-state index contributed by atoms with van der Waals surface area (Å²) in [5, 5.41) is 2.92. The Morgan fingerprint density at radius 2 is 2.00 bits per heavy atom. The van der Waals surface area contributed by atoms with Gasteiger partial charge in [0.05, 0.1) is 0 Å². The molecule has 134 valence electrons. The minimum Gasteiger partial charge on any atom is -0.454 e. The number of aryl methyl sites for hydroxylation is 2. The highest BCUT2D eigenvalue weighted by Gasteiger charge is 2.15. The first-order chi connectivity index (χ1) is 11.6. The van der Waals surface area contributed by atoms with Crippen molar-refractivity contribution in [2.75, 3.05) is 19.1 Å². The molecule has 3 rings (SSSR count). The minimum atomic E-state index is -0.105. The van der Waals surface area contributed by atoms with Gasteiger partial charge in [-0.05, 0) is 62.1 Å². The maximum atomic E-state index is 12.1. The molecule has 2 aromatic rings. The maximum Gasteiger partial charge on any atom is 0.251 e. The average Bonchev–Trinajstić information content (AvgIpc) is 3.01. The number of hydrogen-bond acceptors (Lipinski definition) is 5. The van der Waals surface area contributed by atoms with Crippen LogP contribution in [0.15, 0.2) is 30.3 Å². The van der Waals surface area contributed by atoms with E-state index in [-0.39, 0.29) is 25.1 Å². The summed E-state index contributed by atoms with van der Waals surface area (Å²) in [5.41, 5.74) is 8.44. The zero-order chi connectivity index (χ0) is 16.9. The van der Waals surface area contributed by atoms with Crippen LogP contribution in [0.2, 0.25) is 0 Å². The third-order valence-corrected chi connectivity index (χ3v) is 3.82. The van der Waals surface area contributed by atoms with Crippen molar-refractivity contribution in [3.05, 3.63) is 47.2 Å². The standard InChI is InChI=1S/C18H21N3O3.ClH/c1-12-8-14(21-17(19)9-12)4-2-3-7-20-18(22)13-5-6-15-16(10-13)24-11-23-15;/h5-6,8-10H,2-4,7,11H2,1H3,(H2,19,21)(H,20,22);1H. The Morgan fingerprint density at radius 3 is 2.80 bits per heavy atom. The van der Waals surface area contributed by atoms with Gasteiger partial charge in [-0.15, -0.1) is 12.4 Å². The zero-order valence-corrected chi connectivity index (χ0v) is 14.9. The number of fused-ring (bicyclic) bond motifs is 1. The SMILES string of the molecule is Cc1cc(N)nc(CCCCNC(=O)c2ccc3c(c2)OCO3)c1.Cl. The van der Waals surface area contributed by atoms with Crippen molar-refractivity contribution in [1.29, 1.82) is 0 Å². The van der Waals surface area contributed by atoms with Crippen molar-refractivity contribution < 1.29 is 14.3 Å². The molecular formula is C18H22ClN3O3. The number of amides is 1. The number of nitrogens with two attached hydrogens (primary N) is 1. The molecule has 1 aliphatic heterocycles. The van der Waals surface area contributed by atoms with Crippen molar-refractivity contribution in [2.24, 2.45) is 0 Å². The van der Waals surface area contributed by atoms with E-state index in [9.17, 15) is 4.79 Å². The van der Waals surface area contributed by atoms with E-state index in [0.717, 1.165) is 30.5 Å². The molecule has 1 aromatic carbocycles. The smallest absolute Gasteiger partial charge is 0.251 e. The second kappa shape index (κ2) is 8.58. The molecule has 0 atom stereocenters. The summed E-state index contributed by atoms with van der Waals surface area (Å²) < 4.78 is 10.5. The van der Waals surface area contributed by atoms with Crippen LogP contribution in [-0.2, 0) is 6.42 Å². The van der Waals surface area contributed by atoms with Crippen LogP contribution >= 0.6 is 12.4 Å². The lowest BCUT2D eigenvalue weighted by atomic mass is 10.1.